The Morgan fingerprint density at radius 1 is 0.688 bits per heavy atom. The molecule has 5 nitrogen and oxygen atoms in total. The van der Waals surface area contributed by atoms with Crippen molar-refractivity contribution >= 4 is 17.4 Å². The fourth-order valence-electron chi connectivity index (χ4n) is 1.47. The maximum atomic E-state index is 5.41. The largest absolute Gasteiger partial charge is 0.500 e. The second-order valence-corrected chi connectivity index (χ2v) is 10.4. The SMILES string of the molecule is CO[Si](C)(CCC[Si](OC)(OC)OC)OC. The van der Waals surface area contributed by atoms with Crippen molar-refractivity contribution in [2.24, 2.45) is 0 Å². The first-order valence-corrected chi connectivity index (χ1v) is 9.72. The fourth-order valence-corrected chi connectivity index (χ4v) is 4.94. The molecule has 0 saturated carbocycles. The van der Waals surface area contributed by atoms with Crippen molar-refractivity contribution < 1.29 is 22.1 Å². The highest BCUT2D eigenvalue weighted by Gasteiger charge is 2.38. The minimum absolute atomic E-state index is 0.784. The molecule has 16 heavy (non-hydrogen) atoms. The molecular weight excluding hydrogens is 244 g/mol. The first-order valence-electron chi connectivity index (χ1n) is 5.27. The van der Waals surface area contributed by atoms with E-state index in [2.05, 4.69) is 0 Å². The number of rotatable bonds is 9. The van der Waals surface area contributed by atoms with Crippen molar-refractivity contribution in [3.63, 3.8) is 0 Å². The van der Waals surface area contributed by atoms with Crippen molar-refractivity contribution in [1.82, 2.24) is 0 Å². The summed E-state index contributed by atoms with van der Waals surface area (Å²) in [4.78, 5) is 0. The van der Waals surface area contributed by atoms with Crippen LogP contribution in [0.25, 0.3) is 0 Å². The van der Waals surface area contributed by atoms with Crippen molar-refractivity contribution in [3.05, 3.63) is 0 Å². The third kappa shape index (κ3) is 4.62. The summed E-state index contributed by atoms with van der Waals surface area (Å²) in [7, 11) is 3.87. The van der Waals surface area contributed by atoms with Gasteiger partial charge in [0.15, 0.2) is 0 Å². The van der Waals surface area contributed by atoms with Crippen LogP contribution in [0.1, 0.15) is 6.42 Å². The summed E-state index contributed by atoms with van der Waals surface area (Å²) < 4.78 is 26.9. The van der Waals surface area contributed by atoms with Crippen LogP contribution in [0.15, 0.2) is 0 Å². The van der Waals surface area contributed by atoms with Gasteiger partial charge in [0.25, 0.3) is 0 Å². The molecule has 0 amide bonds. The van der Waals surface area contributed by atoms with Crippen molar-refractivity contribution in [2.75, 3.05) is 35.5 Å². The zero-order valence-electron chi connectivity index (χ0n) is 11.2. The standard InChI is InChI=1S/C9H24O5Si2/c1-10-15(6,11-2)8-7-9-16(12-3,13-4)14-5/h7-9H2,1-6H3. The Kier molecular flexibility index (Phi) is 7.65. The Balaban J connectivity index is 4.13. The maximum absolute atomic E-state index is 5.41. The van der Waals surface area contributed by atoms with E-state index in [1.165, 1.54) is 0 Å². The summed E-state index contributed by atoms with van der Waals surface area (Å²) in [6.07, 6.45) is 0.923. The molecule has 0 N–H and O–H groups in total. The number of hydrogen-bond donors (Lipinski definition) is 0. The zero-order valence-corrected chi connectivity index (χ0v) is 13.2. The van der Waals surface area contributed by atoms with Crippen LogP contribution < -0.4 is 0 Å². The van der Waals surface area contributed by atoms with Gasteiger partial charge in [-0.2, -0.15) is 0 Å². The molecule has 0 atom stereocenters. The van der Waals surface area contributed by atoms with Crippen LogP contribution >= 0.6 is 0 Å². The maximum Gasteiger partial charge on any atom is 0.500 e. The highest BCUT2D eigenvalue weighted by atomic mass is 28.4. The van der Waals surface area contributed by atoms with Crippen molar-refractivity contribution in [3.8, 4) is 0 Å². The number of hydrogen-bond acceptors (Lipinski definition) is 5. The van der Waals surface area contributed by atoms with Crippen LogP contribution in [0.5, 0.6) is 0 Å². The molecule has 0 aromatic rings. The average molecular weight is 268 g/mol. The Bertz CT molecular complexity index is 174. The average Bonchev–Trinajstić information content (AvgIpc) is 2.35. The van der Waals surface area contributed by atoms with E-state index >= 15 is 0 Å². The Morgan fingerprint density at radius 3 is 1.44 bits per heavy atom. The molecular formula is C9H24O5Si2. The van der Waals surface area contributed by atoms with Gasteiger partial charge >= 0.3 is 17.4 Å². The lowest BCUT2D eigenvalue weighted by Crippen LogP contribution is -2.43. The summed E-state index contributed by atoms with van der Waals surface area (Å²) >= 11 is 0. The lowest BCUT2D eigenvalue weighted by molar-refractivity contribution is 0.123. The van der Waals surface area contributed by atoms with Crippen LogP contribution in [0.3, 0.4) is 0 Å². The molecule has 0 heterocycles. The third-order valence-electron chi connectivity index (χ3n) is 2.91. The van der Waals surface area contributed by atoms with Gasteiger partial charge in [-0.15, -0.1) is 0 Å². The van der Waals surface area contributed by atoms with E-state index in [0.717, 1.165) is 18.5 Å². The molecule has 0 aromatic heterocycles. The molecule has 7 heteroatoms. The van der Waals surface area contributed by atoms with E-state index in [-0.39, 0.29) is 0 Å². The van der Waals surface area contributed by atoms with Gasteiger partial charge in [-0.05, 0) is 19.0 Å². The van der Waals surface area contributed by atoms with Gasteiger partial charge in [-0.25, -0.2) is 0 Å². The van der Waals surface area contributed by atoms with E-state index < -0.39 is 17.4 Å². The van der Waals surface area contributed by atoms with Gasteiger partial charge in [0.05, 0.1) is 0 Å². The minimum atomic E-state index is -2.43. The predicted octanol–water partition coefficient (Wildman–Crippen LogP) is 1.62. The topological polar surface area (TPSA) is 46.2 Å². The molecule has 0 rings (SSSR count). The lowest BCUT2D eigenvalue weighted by atomic mass is 10.6. The monoisotopic (exact) mass is 268 g/mol. The molecule has 0 aromatic carbocycles. The summed E-state index contributed by atoms with van der Waals surface area (Å²) in [5.74, 6) is 0. The Morgan fingerprint density at radius 2 is 1.12 bits per heavy atom. The van der Waals surface area contributed by atoms with E-state index in [4.69, 9.17) is 22.1 Å². The molecule has 0 bridgehead atoms. The van der Waals surface area contributed by atoms with Crippen LogP contribution in [-0.2, 0) is 22.1 Å². The summed E-state index contributed by atoms with van der Waals surface area (Å²) in [6, 6.07) is 1.69. The third-order valence-corrected chi connectivity index (χ3v) is 8.73. The Hall–Kier alpha value is 0.234. The fraction of sp³-hybridized carbons (Fsp3) is 1.00. The van der Waals surface area contributed by atoms with E-state index in [1.54, 1.807) is 35.5 Å². The van der Waals surface area contributed by atoms with E-state index in [0.29, 0.717) is 0 Å². The van der Waals surface area contributed by atoms with Gasteiger partial charge < -0.3 is 22.1 Å². The quantitative estimate of drug-likeness (QED) is 0.595. The predicted molar refractivity (Wildman–Crippen MR) is 66.6 cm³/mol. The second kappa shape index (κ2) is 7.54. The van der Waals surface area contributed by atoms with Gasteiger partial charge in [0.2, 0.25) is 0 Å². The minimum Gasteiger partial charge on any atom is -0.398 e. The van der Waals surface area contributed by atoms with Crippen molar-refractivity contribution in [1.29, 1.82) is 0 Å². The molecule has 98 valence electrons. The Labute approximate surface area is 101 Å². The highest BCUT2D eigenvalue weighted by Crippen LogP contribution is 2.21. The van der Waals surface area contributed by atoms with Gasteiger partial charge in [0.1, 0.15) is 0 Å². The lowest BCUT2D eigenvalue weighted by Gasteiger charge is -2.27. The summed E-state index contributed by atoms with van der Waals surface area (Å²) in [5.41, 5.74) is 0. The van der Waals surface area contributed by atoms with Gasteiger partial charge in [-0.3, -0.25) is 0 Å². The molecule has 0 fully saturated rings. The zero-order chi connectivity index (χ0) is 12.7. The molecule has 0 radical (unpaired) electrons. The van der Waals surface area contributed by atoms with Crippen LogP contribution in [0, 0.1) is 0 Å². The molecule has 0 aliphatic rings. The highest BCUT2D eigenvalue weighted by molar-refractivity contribution is 6.66. The van der Waals surface area contributed by atoms with Crippen LogP contribution in [0.2, 0.25) is 18.6 Å². The molecule has 0 saturated heterocycles. The molecule has 0 spiro atoms. The van der Waals surface area contributed by atoms with Crippen LogP contribution in [0.4, 0.5) is 0 Å². The summed E-state index contributed by atoms with van der Waals surface area (Å²) in [6.45, 7) is 2.04. The van der Waals surface area contributed by atoms with Gasteiger partial charge in [-0.1, -0.05) is 0 Å². The normalized spacial score (nSPS) is 13.1. The molecule has 0 unspecified atom stereocenters. The molecule has 0 aliphatic heterocycles. The first kappa shape index (κ1) is 16.2. The summed E-state index contributed by atoms with van der Waals surface area (Å²) in [5, 5.41) is 0. The van der Waals surface area contributed by atoms with E-state index in [9.17, 15) is 0 Å². The second-order valence-electron chi connectivity index (χ2n) is 3.69. The van der Waals surface area contributed by atoms with Crippen molar-refractivity contribution in [2.45, 2.75) is 25.1 Å². The first-order chi connectivity index (χ1) is 7.51. The van der Waals surface area contributed by atoms with Gasteiger partial charge in [0, 0.05) is 41.6 Å². The molecule has 0 aliphatic carbocycles. The smallest absolute Gasteiger partial charge is 0.398 e. The van der Waals surface area contributed by atoms with Crippen LogP contribution in [-0.4, -0.2) is 52.9 Å². The van der Waals surface area contributed by atoms with E-state index in [1.807, 2.05) is 6.55 Å².